The van der Waals surface area contributed by atoms with E-state index in [4.69, 9.17) is 0 Å². The second kappa shape index (κ2) is 6.42. The summed E-state index contributed by atoms with van der Waals surface area (Å²) in [5, 5.41) is 9.60. The van der Waals surface area contributed by atoms with E-state index in [1.54, 1.807) is 0 Å². The molecule has 4 heteroatoms. The molecule has 0 spiro atoms. The standard InChI is InChI=1S/C20H25NO3/c1-12-6-7-18-15(9-12)5-4-8-21(18)19(22)16-10-13(2)14(3)11-17(16)20(23)24/h6-7,9,16-17H,4-5,8,10-11H2,1-3H3,(H,23,24)/t16-,17+/m0/s1. The molecule has 0 bridgehead atoms. The number of nitrogens with zero attached hydrogens (tertiary/aromatic N) is 1. The van der Waals surface area contributed by atoms with E-state index in [0.717, 1.165) is 29.7 Å². The maximum atomic E-state index is 13.2. The van der Waals surface area contributed by atoms with Crippen molar-refractivity contribution >= 4 is 17.6 Å². The molecule has 1 N–H and O–H groups in total. The van der Waals surface area contributed by atoms with E-state index in [9.17, 15) is 14.7 Å². The molecule has 1 amide bonds. The zero-order valence-corrected chi connectivity index (χ0v) is 14.6. The summed E-state index contributed by atoms with van der Waals surface area (Å²) in [6.45, 7) is 6.73. The topological polar surface area (TPSA) is 57.6 Å². The van der Waals surface area contributed by atoms with Crippen LogP contribution in [0.3, 0.4) is 0 Å². The highest BCUT2D eigenvalue weighted by Gasteiger charge is 2.40. The molecule has 24 heavy (non-hydrogen) atoms. The predicted octanol–water partition coefficient (Wildman–Crippen LogP) is 3.72. The Kier molecular flexibility index (Phi) is 4.48. The molecular formula is C20H25NO3. The van der Waals surface area contributed by atoms with Crippen molar-refractivity contribution in [3.63, 3.8) is 0 Å². The average Bonchev–Trinajstić information content (AvgIpc) is 2.55. The molecule has 2 aliphatic rings. The van der Waals surface area contributed by atoms with E-state index >= 15 is 0 Å². The molecule has 0 fully saturated rings. The number of benzene rings is 1. The summed E-state index contributed by atoms with van der Waals surface area (Å²) in [5.74, 6) is -1.96. The van der Waals surface area contributed by atoms with Crippen LogP contribution in [0.1, 0.15) is 44.2 Å². The summed E-state index contributed by atoms with van der Waals surface area (Å²) in [4.78, 5) is 26.7. The zero-order valence-electron chi connectivity index (χ0n) is 14.6. The lowest BCUT2D eigenvalue weighted by Gasteiger charge is -2.36. The van der Waals surface area contributed by atoms with Gasteiger partial charge in [0.1, 0.15) is 0 Å². The predicted molar refractivity (Wildman–Crippen MR) is 94.1 cm³/mol. The normalized spacial score (nSPS) is 23.9. The number of carbonyl (C=O) groups excluding carboxylic acids is 1. The average molecular weight is 327 g/mol. The first-order chi connectivity index (χ1) is 11.4. The molecule has 128 valence electrons. The summed E-state index contributed by atoms with van der Waals surface area (Å²) >= 11 is 0. The molecule has 1 aliphatic carbocycles. The largest absolute Gasteiger partial charge is 0.481 e. The number of anilines is 1. The van der Waals surface area contributed by atoms with Crippen LogP contribution in [0, 0.1) is 18.8 Å². The van der Waals surface area contributed by atoms with Crippen LogP contribution in [0.5, 0.6) is 0 Å². The van der Waals surface area contributed by atoms with Crippen molar-refractivity contribution in [2.75, 3.05) is 11.4 Å². The molecule has 0 radical (unpaired) electrons. The molecule has 1 heterocycles. The number of fused-ring (bicyclic) bond motifs is 1. The summed E-state index contributed by atoms with van der Waals surface area (Å²) in [5.41, 5.74) is 5.62. The van der Waals surface area contributed by atoms with E-state index in [1.165, 1.54) is 11.1 Å². The molecule has 0 unspecified atom stereocenters. The van der Waals surface area contributed by atoms with Gasteiger partial charge in [0.15, 0.2) is 0 Å². The fourth-order valence-electron chi connectivity index (χ4n) is 3.97. The Morgan fingerprint density at radius 2 is 1.75 bits per heavy atom. The van der Waals surface area contributed by atoms with Gasteiger partial charge < -0.3 is 10.0 Å². The number of allylic oxidation sites excluding steroid dienone is 2. The first kappa shape index (κ1) is 16.7. The SMILES string of the molecule is CC1=C(C)C[C@@H](C(=O)O)[C@@H](C(=O)N2CCCc3cc(C)ccc32)C1. The lowest BCUT2D eigenvalue weighted by Crippen LogP contribution is -2.44. The van der Waals surface area contributed by atoms with Gasteiger partial charge >= 0.3 is 5.97 Å². The smallest absolute Gasteiger partial charge is 0.307 e. The van der Waals surface area contributed by atoms with Crippen LogP contribution in [0.2, 0.25) is 0 Å². The number of aryl methyl sites for hydroxylation is 2. The highest BCUT2D eigenvalue weighted by Crippen LogP contribution is 2.38. The third-order valence-corrected chi connectivity index (χ3v) is 5.52. The van der Waals surface area contributed by atoms with Gasteiger partial charge in [0, 0.05) is 12.2 Å². The lowest BCUT2D eigenvalue weighted by molar-refractivity contribution is -0.147. The monoisotopic (exact) mass is 327 g/mol. The fraction of sp³-hybridized carbons (Fsp3) is 0.500. The third-order valence-electron chi connectivity index (χ3n) is 5.52. The van der Waals surface area contributed by atoms with Gasteiger partial charge in [-0.1, -0.05) is 28.8 Å². The minimum Gasteiger partial charge on any atom is -0.481 e. The highest BCUT2D eigenvalue weighted by atomic mass is 16.4. The molecular weight excluding hydrogens is 302 g/mol. The summed E-state index contributed by atoms with van der Waals surface area (Å²) in [6, 6.07) is 6.17. The number of carboxylic acids is 1. The lowest BCUT2D eigenvalue weighted by atomic mass is 9.75. The fourth-order valence-corrected chi connectivity index (χ4v) is 3.97. The second-order valence-corrected chi connectivity index (χ2v) is 7.25. The minimum absolute atomic E-state index is 0.0287. The van der Waals surface area contributed by atoms with Crippen LogP contribution < -0.4 is 4.90 Å². The summed E-state index contributed by atoms with van der Waals surface area (Å²) in [7, 11) is 0. The van der Waals surface area contributed by atoms with E-state index in [-0.39, 0.29) is 5.91 Å². The first-order valence-corrected chi connectivity index (χ1v) is 8.67. The Labute approximate surface area is 143 Å². The molecule has 0 aromatic heterocycles. The van der Waals surface area contributed by atoms with Crippen LogP contribution in [-0.4, -0.2) is 23.5 Å². The van der Waals surface area contributed by atoms with Crippen molar-refractivity contribution in [3.8, 4) is 0 Å². The van der Waals surface area contributed by atoms with Crippen LogP contribution in [0.25, 0.3) is 0 Å². The molecule has 1 aliphatic heterocycles. The van der Waals surface area contributed by atoms with Gasteiger partial charge in [0.25, 0.3) is 0 Å². The molecule has 4 nitrogen and oxygen atoms in total. The Morgan fingerprint density at radius 3 is 2.42 bits per heavy atom. The summed E-state index contributed by atoms with van der Waals surface area (Å²) in [6.07, 6.45) is 2.94. The Morgan fingerprint density at radius 1 is 1.08 bits per heavy atom. The van der Waals surface area contributed by atoms with Crippen LogP contribution >= 0.6 is 0 Å². The molecule has 3 rings (SSSR count). The van der Waals surface area contributed by atoms with Crippen molar-refractivity contribution in [3.05, 3.63) is 40.5 Å². The first-order valence-electron chi connectivity index (χ1n) is 8.67. The van der Waals surface area contributed by atoms with Crippen LogP contribution in [0.15, 0.2) is 29.3 Å². The number of carbonyl (C=O) groups is 2. The van der Waals surface area contributed by atoms with Crippen LogP contribution in [0.4, 0.5) is 5.69 Å². The minimum atomic E-state index is -0.860. The van der Waals surface area contributed by atoms with Gasteiger partial charge in [0.2, 0.25) is 5.91 Å². The number of carboxylic acid groups (broad SMARTS) is 1. The van der Waals surface area contributed by atoms with Crippen molar-refractivity contribution in [1.29, 1.82) is 0 Å². The second-order valence-electron chi connectivity index (χ2n) is 7.25. The maximum Gasteiger partial charge on any atom is 0.307 e. The molecule has 1 aromatic carbocycles. The molecule has 1 aromatic rings. The Hall–Kier alpha value is -2.10. The van der Waals surface area contributed by atoms with E-state index in [1.807, 2.05) is 30.9 Å². The Balaban J connectivity index is 1.93. The van der Waals surface area contributed by atoms with Crippen molar-refractivity contribution in [2.45, 2.75) is 46.5 Å². The van der Waals surface area contributed by atoms with Crippen LogP contribution in [-0.2, 0) is 16.0 Å². The van der Waals surface area contributed by atoms with Gasteiger partial charge in [-0.2, -0.15) is 0 Å². The number of hydrogen-bond acceptors (Lipinski definition) is 2. The van der Waals surface area contributed by atoms with E-state index in [0.29, 0.717) is 19.4 Å². The third kappa shape index (κ3) is 2.97. The van der Waals surface area contributed by atoms with Crippen molar-refractivity contribution < 1.29 is 14.7 Å². The summed E-state index contributed by atoms with van der Waals surface area (Å²) < 4.78 is 0. The van der Waals surface area contributed by atoms with Gasteiger partial charge in [-0.3, -0.25) is 9.59 Å². The van der Waals surface area contributed by atoms with Gasteiger partial charge in [-0.05, 0) is 58.1 Å². The Bertz CT molecular complexity index is 720. The van der Waals surface area contributed by atoms with E-state index < -0.39 is 17.8 Å². The highest BCUT2D eigenvalue weighted by molar-refractivity contribution is 5.98. The van der Waals surface area contributed by atoms with Gasteiger partial charge in [0.05, 0.1) is 11.8 Å². The number of amides is 1. The molecule has 2 atom stereocenters. The molecule has 0 saturated carbocycles. The van der Waals surface area contributed by atoms with Crippen molar-refractivity contribution in [1.82, 2.24) is 0 Å². The van der Waals surface area contributed by atoms with E-state index in [2.05, 4.69) is 13.0 Å². The van der Waals surface area contributed by atoms with Crippen molar-refractivity contribution in [2.24, 2.45) is 11.8 Å². The quantitative estimate of drug-likeness (QED) is 0.842. The zero-order chi connectivity index (χ0) is 17.4. The van der Waals surface area contributed by atoms with Gasteiger partial charge in [-0.15, -0.1) is 0 Å². The maximum absolute atomic E-state index is 13.2. The number of aliphatic carboxylic acids is 1. The number of hydrogen-bond donors (Lipinski definition) is 1. The number of rotatable bonds is 2. The molecule has 0 saturated heterocycles. The van der Waals surface area contributed by atoms with Gasteiger partial charge in [-0.25, -0.2) is 0 Å².